The Labute approximate surface area is 102 Å². The van der Waals surface area contributed by atoms with Crippen molar-refractivity contribution in [1.82, 2.24) is 19.6 Å². The van der Waals surface area contributed by atoms with Gasteiger partial charge in [0, 0.05) is 18.0 Å². The van der Waals surface area contributed by atoms with Crippen LogP contribution in [0.2, 0.25) is 0 Å². The van der Waals surface area contributed by atoms with Crippen LogP contribution in [0.3, 0.4) is 0 Å². The SMILES string of the molecule is O=C(O)c1cccc(-c2nc3cnccn3n2)c1. The average Bonchev–Trinajstić information content (AvgIpc) is 2.82. The lowest BCUT2D eigenvalue weighted by Gasteiger charge is -1.97. The van der Waals surface area contributed by atoms with Gasteiger partial charge in [0.1, 0.15) is 0 Å². The zero-order valence-corrected chi connectivity index (χ0v) is 9.19. The number of rotatable bonds is 2. The first-order chi connectivity index (χ1) is 8.74. The summed E-state index contributed by atoms with van der Waals surface area (Å²) in [5, 5.41) is 13.2. The molecule has 1 N–H and O–H groups in total. The summed E-state index contributed by atoms with van der Waals surface area (Å²) in [6.07, 6.45) is 4.89. The standard InChI is InChI=1S/C12H8N4O2/c17-12(18)9-3-1-2-8(6-9)11-14-10-7-13-4-5-16(10)15-11/h1-7H,(H,17,18). The van der Waals surface area contributed by atoms with Gasteiger partial charge < -0.3 is 5.11 Å². The van der Waals surface area contributed by atoms with Crippen LogP contribution in [-0.4, -0.2) is 30.7 Å². The highest BCUT2D eigenvalue weighted by Gasteiger charge is 2.09. The van der Waals surface area contributed by atoms with Crippen LogP contribution in [0.1, 0.15) is 10.4 Å². The Morgan fingerprint density at radius 2 is 2.22 bits per heavy atom. The number of fused-ring (bicyclic) bond motifs is 1. The molecule has 3 rings (SSSR count). The maximum Gasteiger partial charge on any atom is 0.335 e. The van der Waals surface area contributed by atoms with Crippen LogP contribution in [0, 0.1) is 0 Å². The van der Waals surface area contributed by atoms with Gasteiger partial charge in [0.15, 0.2) is 11.5 Å². The van der Waals surface area contributed by atoms with Crippen LogP contribution < -0.4 is 0 Å². The van der Waals surface area contributed by atoms with Crippen molar-refractivity contribution in [1.29, 1.82) is 0 Å². The quantitative estimate of drug-likeness (QED) is 0.734. The van der Waals surface area contributed by atoms with Gasteiger partial charge in [-0.3, -0.25) is 4.98 Å². The van der Waals surface area contributed by atoms with Gasteiger partial charge in [-0.25, -0.2) is 14.3 Å². The summed E-state index contributed by atoms with van der Waals surface area (Å²) >= 11 is 0. The third-order valence-electron chi connectivity index (χ3n) is 2.51. The Kier molecular flexibility index (Phi) is 2.26. The molecule has 6 heteroatoms. The molecule has 0 fully saturated rings. The fourth-order valence-electron chi connectivity index (χ4n) is 1.66. The van der Waals surface area contributed by atoms with Crippen LogP contribution in [0.4, 0.5) is 0 Å². The highest BCUT2D eigenvalue weighted by atomic mass is 16.4. The molecule has 0 radical (unpaired) electrons. The Morgan fingerprint density at radius 3 is 3.00 bits per heavy atom. The van der Waals surface area contributed by atoms with E-state index in [1.807, 2.05) is 0 Å². The van der Waals surface area contributed by atoms with E-state index >= 15 is 0 Å². The molecular weight excluding hydrogens is 232 g/mol. The van der Waals surface area contributed by atoms with Gasteiger partial charge in [0.05, 0.1) is 11.8 Å². The number of nitrogens with zero attached hydrogens (tertiary/aromatic N) is 4. The first-order valence-corrected chi connectivity index (χ1v) is 5.24. The smallest absolute Gasteiger partial charge is 0.335 e. The van der Waals surface area contributed by atoms with Gasteiger partial charge >= 0.3 is 5.97 Å². The van der Waals surface area contributed by atoms with Crippen molar-refractivity contribution in [2.75, 3.05) is 0 Å². The lowest BCUT2D eigenvalue weighted by Crippen LogP contribution is -1.96. The third kappa shape index (κ3) is 1.69. The molecule has 2 aromatic heterocycles. The molecule has 3 aromatic rings. The number of carboxylic acid groups (broad SMARTS) is 1. The predicted molar refractivity (Wildman–Crippen MR) is 63.2 cm³/mol. The van der Waals surface area contributed by atoms with E-state index in [1.165, 1.54) is 6.07 Å². The molecule has 18 heavy (non-hydrogen) atoms. The summed E-state index contributed by atoms with van der Waals surface area (Å²) < 4.78 is 1.59. The predicted octanol–water partition coefficient (Wildman–Crippen LogP) is 1.49. The van der Waals surface area contributed by atoms with Gasteiger partial charge in [-0.1, -0.05) is 12.1 Å². The van der Waals surface area contributed by atoms with E-state index in [-0.39, 0.29) is 5.56 Å². The second kappa shape index (κ2) is 3.92. The molecule has 0 aliphatic heterocycles. The third-order valence-corrected chi connectivity index (χ3v) is 2.51. The second-order valence-corrected chi connectivity index (χ2v) is 3.70. The van der Waals surface area contributed by atoms with Crippen molar-refractivity contribution in [3.05, 3.63) is 48.4 Å². The minimum absolute atomic E-state index is 0.212. The molecule has 1 aromatic carbocycles. The molecular formula is C12H8N4O2. The summed E-state index contributed by atoms with van der Waals surface area (Å²) in [4.78, 5) is 19.1. The van der Waals surface area contributed by atoms with Crippen molar-refractivity contribution in [2.45, 2.75) is 0 Å². The van der Waals surface area contributed by atoms with Crippen LogP contribution in [-0.2, 0) is 0 Å². The zero-order valence-electron chi connectivity index (χ0n) is 9.19. The van der Waals surface area contributed by atoms with Crippen molar-refractivity contribution in [3.8, 4) is 11.4 Å². The zero-order chi connectivity index (χ0) is 12.5. The maximum atomic E-state index is 10.9. The minimum Gasteiger partial charge on any atom is -0.478 e. The van der Waals surface area contributed by atoms with Crippen LogP contribution >= 0.6 is 0 Å². The number of hydrogen-bond acceptors (Lipinski definition) is 4. The molecule has 0 saturated heterocycles. The number of benzene rings is 1. The Bertz CT molecular complexity index is 703. The minimum atomic E-state index is -0.970. The molecule has 0 unspecified atom stereocenters. The Balaban J connectivity index is 2.13. The van der Waals surface area contributed by atoms with E-state index < -0.39 is 5.97 Å². The molecule has 0 aliphatic rings. The fraction of sp³-hybridized carbons (Fsp3) is 0. The molecule has 6 nitrogen and oxygen atoms in total. The summed E-state index contributed by atoms with van der Waals surface area (Å²) in [5.41, 5.74) is 1.50. The molecule has 2 heterocycles. The first-order valence-electron chi connectivity index (χ1n) is 5.24. The molecule has 0 amide bonds. The van der Waals surface area contributed by atoms with Crippen LogP contribution in [0.25, 0.3) is 17.0 Å². The summed E-state index contributed by atoms with van der Waals surface area (Å²) in [7, 11) is 0. The molecule has 0 spiro atoms. The van der Waals surface area contributed by atoms with Crippen molar-refractivity contribution >= 4 is 11.6 Å². The van der Waals surface area contributed by atoms with E-state index in [2.05, 4.69) is 15.1 Å². The van der Waals surface area contributed by atoms with Gasteiger partial charge in [-0.2, -0.15) is 0 Å². The normalized spacial score (nSPS) is 10.7. The second-order valence-electron chi connectivity index (χ2n) is 3.70. The number of hydrogen-bond donors (Lipinski definition) is 1. The summed E-state index contributed by atoms with van der Waals surface area (Å²) in [6.45, 7) is 0. The van der Waals surface area contributed by atoms with Gasteiger partial charge in [0.25, 0.3) is 0 Å². The molecule has 0 saturated carbocycles. The van der Waals surface area contributed by atoms with Crippen LogP contribution in [0.15, 0.2) is 42.9 Å². The topological polar surface area (TPSA) is 80.4 Å². The monoisotopic (exact) mass is 240 g/mol. The Morgan fingerprint density at radius 1 is 1.33 bits per heavy atom. The highest BCUT2D eigenvalue weighted by Crippen LogP contribution is 2.17. The fourth-order valence-corrected chi connectivity index (χ4v) is 1.66. The number of aromatic nitrogens is 4. The Hall–Kier alpha value is -2.76. The van der Waals surface area contributed by atoms with Gasteiger partial charge in [-0.15, -0.1) is 5.10 Å². The van der Waals surface area contributed by atoms with Crippen molar-refractivity contribution in [3.63, 3.8) is 0 Å². The molecule has 0 atom stereocenters. The number of carbonyl (C=O) groups is 1. The number of aromatic carboxylic acids is 1. The summed E-state index contributed by atoms with van der Waals surface area (Å²) in [5.74, 6) is -0.492. The lowest BCUT2D eigenvalue weighted by molar-refractivity contribution is 0.0697. The van der Waals surface area contributed by atoms with E-state index in [1.54, 1.807) is 41.3 Å². The van der Waals surface area contributed by atoms with E-state index in [0.29, 0.717) is 17.0 Å². The highest BCUT2D eigenvalue weighted by molar-refractivity contribution is 5.89. The molecule has 88 valence electrons. The van der Waals surface area contributed by atoms with E-state index in [9.17, 15) is 4.79 Å². The molecule has 0 aliphatic carbocycles. The van der Waals surface area contributed by atoms with Gasteiger partial charge in [-0.05, 0) is 12.1 Å². The first kappa shape index (κ1) is 10.4. The maximum absolute atomic E-state index is 10.9. The number of carboxylic acids is 1. The van der Waals surface area contributed by atoms with Crippen LogP contribution in [0.5, 0.6) is 0 Å². The average molecular weight is 240 g/mol. The largest absolute Gasteiger partial charge is 0.478 e. The van der Waals surface area contributed by atoms with Gasteiger partial charge in [0.2, 0.25) is 0 Å². The lowest BCUT2D eigenvalue weighted by atomic mass is 10.1. The van der Waals surface area contributed by atoms with Crippen molar-refractivity contribution in [2.24, 2.45) is 0 Å². The van der Waals surface area contributed by atoms with E-state index in [0.717, 1.165) is 0 Å². The molecule has 0 bridgehead atoms. The van der Waals surface area contributed by atoms with Crippen molar-refractivity contribution < 1.29 is 9.90 Å². The summed E-state index contributed by atoms with van der Waals surface area (Å²) in [6, 6.07) is 6.52. The van der Waals surface area contributed by atoms with E-state index in [4.69, 9.17) is 5.11 Å².